The average molecular weight is 505 g/mol. The molecule has 5 nitrogen and oxygen atoms in total. The van der Waals surface area contributed by atoms with E-state index in [1.165, 1.54) is 0 Å². The summed E-state index contributed by atoms with van der Waals surface area (Å²) >= 11 is 0. The zero-order valence-electron chi connectivity index (χ0n) is 21.4. The highest BCUT2D eigenvalue weighted by atomic mass is 16.5. The largest absolute Gasteiger partial charge is 0.489 e. The first-order chi connectivity index (χ1) is 18.3. The summed E-state index contributed by atoms with van der Waals surface area (Å²) < 4.78 is 16.4. The van der Waals surface area contributed by atoms with Crippen LogP contribution in [0.5, 0.6) is 17.2 Å². The van der Waals surface area contributed by atoms with Gasteiger partial charge < -0.3 is 14.2 Å². The van der Waals surface area contributed by atoms with Crippen LogP contribution in [0.4, 0.5) is 0 Å². The third kappa shape index (κ3) is 6.86. The second-order valence-corrected chi connectivity index (χ2v) is 8.96. The molecule has 0 atom stereocenters. The van der Waals surface area contributed by atoms with Crippen molar-refractivity contribution in [3.05, 3.63) is 127 Å². The molecule has 4 aromatic carbocycles. The van der Waals surface area contributed by atoms with Crippen LogP contribution in [0.2, 0.25) is 0 Å². The molecule has 0 unspecified atom stereocenters. The first-order valence-corrected chi connectivity index (χ1v) is 12.1. The van der Waals surface area contributed by atoms with E-state index < -0.39 is 11.9 Å². The highest BCUT2D eigenvalue weighted by molar-refractivity contribution is 5.92. The number of hydrogen-bond acceptors (Lipinski definition) is 5. The second-order valence-electron chi connectivity index (χ2n) is 8.96. The van der Waals surface area contributed by atoms with Crippen LogP contribution < -0.4 is 14.2 Å². The third-order valence-corrected chi connectivity index (χ3v) is 5.61. The fraction of sp³-hybridized carbons (Fsp3) is 0.0909. The molecular weight excluding hydrogens is 476 g/mol. The van der Waals surface area contributed by atoms with Gasteiger partial charge in [-0.1, -0.05) is 61.7 Å². The second kappa shape index (κ2) is 11.9. The Labute approximate surface area is 222 Å². The first-order valence-electron chi connectivity index (χ1n) is 12.1. The van der Waals surface area contributed by atoms with Gasteiger partial charge in [-0.05, 0) is 90.2 Å². The molecule has 0 heterocycles. The maximum absolute atomic E-state index is 12.7. The maximum Gasteiger partial charge on any atom is 0.343 e. The molecule has 0 aromatic heterocycles. The van der Waals surface area contributed by atoms with Crippen molar-refractivity contribution in [2.75, 3.05) is 6.61 Å². The van der Waals surface area contributed by atoms with E-state index in [1.807, 2.05) is 67.6 Å². The predicted molar refractivity (Wildman–Crippen MR) is 149 cm³/mol. The van der Waals surface area contributed by atoms with E-state index in [1.54, 1.807) is 43.3 Å². The Hall–Kier alpha value is -4.90. The Balaban J connectivity index is 1.35. The van der Waals surface area contributed by atoms with Crippen molar-refractivity contribution in [1.82, 2.24) is 0 Å². The number of hydrogen-bond donors (Lipinski definition) is 0. The normalized spacial score (nSPS) is 10.4. The average Bonchev–Trinajstić information content (AvgIpc) is 2.93. The highest BCUT2D eigenvalue weighted by Crippen LogP contribution is 2.26. The lowest BCUT2D eigenvalue weighted by atomic mass is 10.0. The van der Waals surface area contributed by atoms with Gasteiger partial charge in [-0.3, -0.25) is 0 Å². The van der Waals surface area contributed by atoms with Gasteiger partial charge in [0.1, 0.15) is 23.9 Å². The molecule has 5 heteroatoms. The molecule has 190 valence electrons. The molecule has 0 spiro atoms. The lowest BCUT2D eigenvalue weighted by Gasteiger charge is -2.09. The van der Waals surface area contributed by atoms with Crippen LogP contribution in [0.25, 0.3) is 22.3 Å². The molecule has 0 bridgehead atoms. The van der Waals surface area contributed by atoms with E-state index in [4.69, 9.17) is 14.2 Å². The molecular formula is C33H28O5. The highest BCUT2D eigenvalue weighted by Gasteiger charge is 2.10. The Morgan fingerprint density at radius 3 is 1.39 bits per heavy atom. The van der Waals surface area contributed by atoms with Crippen molar-refractivity contribution >= 4 is 11.9 Å². The van der Waals surface area contributed by atoms with Gasteiger partial charge in [-0.25, -0.2) is 9.59 Å². The van der Waals surface area contributed by atoms with Crippen molar-refractivity contribution in [2.24, 2.45) is 0 Å². The van der Waals surface area contributed by atoms with Gasteiger partial charge in [0, 0.05) is 5.57 Å². The summed E-state index contributed by atoms with van der Waals surface area (Å²) in [6.07, 6.45) is 0. The summed E-state index contributed by atoms with van der Waals surface area (Å²) in [6.45, 7) is 11.4. The zero-order chi connectivity index (χ0) is 27.1. The van der Waals surface area contributed by atoms with E-state index in [0.717, 1.165) is 33.6 Å². The van der Waals surface area contributed by atoms with Crippen LogP contribution in [0.3, 0.4) is 0 Å². The van der Waals surface area contributed by atoms with Crippen molar-refractivity contribution in [2.45, 2.75) is 13.8 Å². The van der Waals surface area contributed by atoms with Crippen molar-refractivity contribution in [3.8, 4) is 39.5 Å². The van der Waals surface area contributed by atoms with E-state index in [-0.39, 0.29) is 0 Å². The molecule has 0 fully saturated rings. The monoisotopic (exact) mass is 504 g/mol. The molecule has 0 aliphatic heterocycles. The zero-order valence-corrected chi connectivity index (χ0v) is 21.4. The van der Waals surface area contributed by atoms with Gasteiger partial charge in [-0.15, -0.1) is 0 Å². The van der Waals surface area contributed by atoms with E-state index >= 15 is 0 Å². The lowest BCUT2D eigenvalue weighted by Crippen LogP contribution is -2.08. The lowest BCUT2D eigenvalue weighted by molar-refractivity contribution is -0.130. The summed E-state index contributed by atoms with van der Waals surface area (Å²) in [5, 5.41) is 0. The number of carbonyl (C=O) groups excluding carboxylic acids is 2. The van der Waals surface area contributed by atoms with Gasteiger partial charge in [-0.2, -0.15) is 0 Å². The first kappa shape index (κ1) is 26.2. The molecule has 4 aromatic rings. The minimum absolute atomic E-state index is 0.336. The summed E-state index contributed by atoms with van der Waals surface area (Å²) in [5.74, 6) is 0.787. The predicted octanol–water partition coefficient (Wildman–Crippen LogP) is 7.68. The quantitative estimate of drug-likeness (QED) is 0.101. The topological polar surface area (TPSA) is 61.8 Å². The van der Waals surface area contributed by atoms with Gasteiger partial charge in [0.2, 0.25) is 0 Å². The van der Waals surface area contributed by atoms with Gasteiger partial charge in [0.05, 0.1) is 5.56 Å². The molecule has 38 heavy (non-hydrogen) atoms. The fourth-order valence-corrected chi connectivity index (χ4v) is 3.54. The van der Waals surface area contributed by atoms with Crippen LogP contribution in [-0.4, -0.2) is 18.5 Å². The Bertz CT molecular complexity index is 1450. The summed E-state index contributed by atoms with van der Waals surface area (Å²) in [7, 11) is 0. The van der Waals surface area contributed by atoms with Crippen molar-refractivity contribution < 1.29 is 23.8 Å². The molecule has 0 N–H and O–H groups in total. The van der Waals surface area contributed by atoms with Crippen LogP contribution >= 0.6 is 0 Å². The van der Waals surface area contributed by atoms with Gasteiger partial charge >= 0.3 is 11.9 Å². The molecule has 0 saturated heterocycles. The minimum atomic E-state index is -0.464. The number of carbonyl (C=O) groups is 2. The van der Waals surface area contributed by atoms with Crippen LogP contribution in [0.15, 0.2) is 121 Å². The Morgan fingerprint density at radius 1 is 0.579 bits per heavy atom. The van der Waals surface area contributed by atoms with E-state index in [9.17, 15) is 9.59 Å². The van der Waals surface area contributed by atoms with Crippen molar-refractivity contribution in [3.63, 3.8) is 0 Å². The number of rotatable bonds is 9. The standard InChI is InChI=1S/C33H28O5/c1-22(2)21-36-29-15-9-25(10-16-29)27-13-19-31(20-14-27)38-33(35)28-7-5-24(6-8-28)26-11-17-30(18-12-26)37-32(34)23(3)4/h5-20H,1,3,21H2,2,4H3. The van der Waals surface area contributed by atoms with Gasteiger partial charge in [0.15, 0.2) is 0 Å². The Kier molecular flexibility index (Phi) is 8.19. The maximum atomic E-state index is 12.7. The van der Waals surface area contributed by atoms with E-state index in [0.29, 0.717) is 29.2 Å². The number of benzene rings is 4. The number of esters is 2. The SMILES string of the molecule is C=C(C)COc1ccc(-c2ccc(OC(=O)c3ccc(-c4ccc(OC(=O)C(=C)C)cc4)cc3)cc2)cc1. The minimum Gasteiger partial charge on any atom is -0.489 e. The molecule has 4 rings (SSSR count). The van der Waals surface area contributed by atoms with E-state index in [2.05, 4.69) is 13.2 Å². The molecule has 0 aliphatic carbocycles. The number of ether oxygens (including phenoxy) is 3. The third-order valence-electron chi connectivity index (χ3n) is 5.61. The molecule has 0 radical (unpaired) electrons. The van der Waals surface area contributed by atoms with Crippen LogP contribution in [0, 0.1) is 0 Å². The fourth-order valence-electron chi connectivity index (χ4n) is 3.54. The van der Waals surface area contributed by atoms with Gasteiger partial charge in [0.25, 0.3) is 0 Å². The van der Waals surface area contributed by atoms with Crippen LogP contribution in [0.1, 0.15) is 24.2 Å². The smallest absolute Gasteiger partial charge is 0.343 e. The molecule has 0 amide bonds. The summed E-state index contributed by atoms with van der Waals surface area (Å²) in [5.41, 5.74) is 5.61. The summed E-state index contributed by atoms with van der Waals surface area (Å²) in [6, 6.07) is 29.4. The van der Waals surface area contributed by atoms with Crippen LogP contribution in [-0.2, 0) is 4.79 Å². The summed E-state index contributed by atoms with van der Waals surface area (Å²) in [4.78, 5) is 24.3. The Morgan fingerprint density at radius 2 is 0.974 bits per heavy atom. The molecule has 0 saturated carbocycles. The van der Waals surface area contributed by atoms with Crippen molar-refractivity contribution in [1.29, 1.82) is 0 Å². The molecule has 0 aliphatic rings.